The summed E-state index contributed by atoms with van der Waals surface area (Å²) in [5, 5.41) is 2.95. The lowest BCUT2D eigenvalue weighted by atomic mass is 9.94. The molecule has 0 aliphatic carbocycles. The maximum Gasteiger partial charge on any atom is 0.138 e. The summed E-state index contributed by atoms with van der Waals surface area (Å²) in [4.78, 5) is 0. The molecule has 3 heteroatoms. The van der Waals surface area contributed by atoms with Crippen LogP contribution in [0.15, 0.2) is 23.8 Å². The molecule has 0 aromatic heterocycles. The number of rotatable bonds is 0. The highest BCUT2D eigenvalue weighted by Crippen LogP contribution is 2.05. The molecule has 1 heterocycles. The number of nitrogens with one attached hydrogen (secondary N) is 1. The molecule has 0 aromatic rings. The van der Waals surface area contributed by atoms with Crippen LogP contribution in [0.5, 0.6) is 0 Å². The minimum absolute atomic E-state index is 0.000000000000000222. The van der Waals surface area contributed by atoms with Gasteiger partial charge in [-0.2, -0.15) is 0 Å². The molecule has 0 bridgehead atoms. The van der Waals surface area contributed by atoms with E-state index in [1.54, 1.807) is 0 Å². The Morgan fingerprint density at radius 3 is 2.88 bits per heavy atom. The average molecular weight is 127 g/mol. The lowest BCUT2D eigenvalue weighted by Crippen LogP contribution is -2.22. The topological polar surface area (TPSA) is 12.0 Å². The van der Waals surface area contributed by atoms with E-state index in [1.165, 1.54) is 0 Å². The van der Waals surface area contributed by atoms with Crippen LogP contribution < -0.4 is 5.32 Å². The molecule has 1 nitrogen and oxygen atoms in total. The monoisotopic (exact) mass is 127 g/mol. The lowest BCUT2D eigenvalue weighted by molar-refractivity contribution is 0.888. The third kappa shape index (κ3) is 1.07. The first kappa shape index (κ1) is 5.77. The number of halogens is 1. The highest BCUT2D eigenvalue weighted by molar-refractivity contribution is 6.33. The highest BCUT2D eigenvalue weighted by Gasteiger charge is 2.03. The minimum atomic E-state index is -0.000000000000000222. The molecule has 0 spiro atoms. The summed E-state index contributed by atoms with van der Waals surface area (Å²) in [5.41, 5.74) is 1.16. The number of allylic oxidation sites excluding steroid dienone is 2. The standard InChI is InChI=1S/C5H7BClN/c6-4-2-1-3-8-5(4)7/h1-3,5,8H,6H2. The van der Waals surface area contributed by atoms with E-state index in [4.69, 9.17) is 11.6 Å². The fourth-order valence-electron chi connectivity index (χ4n) is 0.556. The molecule has 1 unspecified atom stereocenters. The highest BCUT2D eigenvalue weighted by atomic mass is 35.5. The summed E-state index contributed by atoms with van der Waals surface area (Å²) in [7, 11) is 1.99. The van der Waals surface area contributed by atoms with Crippen LogP contribution in [0.2, 0.25) is 0 Å². The Morgan fingerprint density at radius 1 is 1.75 bits per heavy atom. The van der Waals surface area contributed by atoms with Crippen LogP contribution in [0.1, 0.15) is 0 Å². The fourth-order valence-corrected chi connectivity index (χ4v) is 0.701. The first-order valence-electron chi connectivity index (χ1n) is 2.54. The predicted molar refractivity (Wildman–Crippen MR) is 38.5 cm³/mol. The second-order valence-electron chi connectivity index (χ2n) is 1.80. The third-order valence-corrected chi connectivity index (χ3v) is 1.57. The summed E-state index contributed by atoms with van der Waals surface area (Å²) in [6, 6.07) is 0. The molecule has 0 radical (unpaired) electrons. The van der Waals surface area contributed by atoms with Gasteiger partial charge in [-0.3, -0.25) is 0 Å². The fraction of sp³-hybridized carbons (Fsp3) is 0.200. The first-order valence-corrected chi connectivity index (χ1v) is 2.98. The van der Waals surface area contributed by atoms with Gasteiger partial charge in [0.1, 0.15) is 13.3 Å². The number of hydrogen-bond donors (Lipinski definition) is 1. The van der Waals surface area contributed by atoms with Crippen LogP contribution in [0.4, 0.5) is 0 Å². The molecular formula is C5H7BClN. The summed E-state index contributed by atoms with van der Waals surface area (Å²) in [6.07, 6.45) is 5.77. The van der Waals surface area contributed by atoms with Crippen molar-refractivity contribution in [3.8, 4) is 0 Å². The van der Waals surface area contributed by atoms with Crippen LogP contribution >= 0.6 is 11.6 Å². The van der Waals surface area contributed by atoms with E-state index in [0.29, 0.717) is 0 Å². The van der Waals surface area contributed by atoms with Crippen molar-refractivity contribution in [2.24, 2.45) is 0 Å². The molecule has 0 fully saturated rings. The molecule has 42 valence electrons. The Balaban J connectivity index is 2.66. The lowest BCUT2D eigenvalue weighted by Gasteiger charge is -2.12. The molecule has 0 amide bonds. The van der Waals surface area contributed by atoms with Crippen molar-refractivity contribution in [2.45, 2.75) is 5.50 Å². The van der Waals surface area contributed by atoms with Crippen LogP contribution in [-0.2, 0) is 0 Å². The van der Waals surface area contributed by atoms with Gasteiger partial charge in [-0.1, -0.05) is 23.1 Å². The summed E-state index contributed by atoms with van der Waals surface area (Å²) >= 11 is 5.74. The van der Waals surface area contributed by atoms with Crippen molar-refractivity contribution in [2.75, 3.05) is 0 Å². The van der Waals surface area contributed by atoms with Crippen molar-refractivity contribution < 1.29 is 0 Å². The zero-order valence-corrected chi connectivity index (χ0v) is 5.44. The van der Waals surface area contributed by atoms with Gasteiger partial charge in [-0.15, -0.1) is 0 Å². The van der Waals surface area contributed by atoms with E-state index in [2.05, 4.69) is 5.32 Å². The molecule has 1 N–H and O–H groups in total. The normalized spacial score (nSPS) is 26.6. The molecule has 0 aromatic carbocycles. The van der Waals surface area contributed by atoms with E-state index in [1.807, 2.05) is 26.2 Å². The van der Waals surface area contributed by atoms with E-state index < -0.39 is 0 Å². The van der Waals surface area contributed by atoms with Crippen molar-refractivity contribution in [1.82, 2.24) is 5.32 Å². The SMILES string of the molecule is BC1=CC=CNC1Cl. The second-order valence-corrected chi connectivity index (χ2v) is 2.24. The first-order chi connectivity index (χ1) is 3.80. The maximum absolute atomic E-state index is 5.74. The Morgan fingerprint density at radius 2 is 2.50 bits per heavy atom. The van der Waals surface area contributed by atoms with Gasteiger partial charge in [-0.25, -0.2) is 0 Å². The average Bonchev–Trinajstić information content (AvgIpc) is 1.77. The van der Waals surface area contributed by atoms with Crippen molar-refractivity contribution >= 4 is 19.4 Å². The van der Waals surface area contributed by atoms with Crippen molar-refractivity contribution in [1.29, 1.82) is 0 Å². The van der Waals surface area contributed by atoms with Gasteiger partial charge in [-0.05, 0) is 12.3 Å². The van der Waals surface area contributed by atoms with Gasteiger partial charge in [0.05, 0.1) is 0 Å². The van der Waals surface area contributed by atoms with Gasteiger partial charge in [0, 0.05) is 0 Å². The van der Waals surface area contributed by atoms with Crippen molar-refractivity contribution in [3.05, 3.63) is 23.8 Å². The Hall–Kier alpha value is -0.365. The predicted octanol–water partition coefficient (Wildman–Crippen LogP) is 0.185. The van der Waals surface area contributed by atoms with Gasteiger partial charge >= 0.3 is 0 Å². The van der Waals surface area contributed by atoms with Crippen molar-refractivity contribution in [3.63, 3.8) is 0 Å². The number of alkyl halides is 1. The van der Waals surface area contributed by atoms with Crippen LogP contribution in [0.25, 0.3) is 0 Å². The largest absolute Gasteiger partial charge is 0.373 e. The molecule has 8 heavy (non-hydrogen) atoms. The smallest absolute Gasteiger partial charge is 0.138 e. The Labute approximate surface area is 54.8 Å². The molecular weight excluding hydrogens is 120 g/mol. The molecule has 1 rings (SSSR count). The van der Waals surface area contributed by atoms with E-state index in [-0.39, 0.29) is 5.50 Å². The third-order valence-electron chi connectivity index (χ3n) is 1.10. The molecule has 1 aliphatic heterocycles. The Kier molecular flexibility index (Phi) is 1.64. The van der Waals surface area contributed by atoms with E-state index in [0.717, 1.165) is 5.47 Å². The second kappa shape index (κ2) is 2.27. The van der Waals surface area contributed by atoms with E-state index >= 15 is 0 Å². The zero-order valence-electron chi connectivity index (χ0n) is 4.69. The van der Waals surface area contributed by atoms with Gasteiger partial charge in [0.15, 0.2) is 0 Å². The molecule has 0 saturated carbocycles. The summed E-state index contributed by atoms with van der Waals surface area (Å²) < 4.78 is 0. The van der Waals surface area contributed by atoms with E-state index in [9.17, 15) is 0 Å². The summed E-state index contributed by atoms with van der Waals surface area (Å²) in [6.45, 7) is 0. The van der Waals surface area contributed by atoms with Crippen LogP contribution in [0, 0.1) is 0 Å². The minimum Gasteiger partial charge on any atom is -0.373 e. The number of hydrogen-bond acceptors (Lipinski definition) is 1. The van der Waals surface area contributed by atoms with Gasteiger partial charge in [0.2, 0.25) is 0 Å². The van der Waals surface area contributed by atoms with Crippen LogP contribution in [-0.4, -0.2) is 13.3 Å². The van der Waals surface area contributed by atoms with Gasteiger partial charge in [0.25, 0.3) is 0 Å². The zero-order chi connectivity index (χ0) is 5.98. The number of dihydropyridines is 1. The van der Waals surface area contributed by atoms with Crippen LogP contribution in [0.3, 0.4) is 0 Å². The summed E-state index contributed by atoms with van der Waals surface area (Å²) in [5.74, 6) is 0. The molecule has 1 atom stereocenters. The molecule has 0 saturated heterocycles. The quantitative estimate of drug-likeness (QED) is 0.278. The van der Waals surface area contributed by atoms with Gasteiger partial charge < -0.3 is 5.32 Å². The Bertz CT molecular complexity index is 141. The maximum atomic E-state index is 5.74. The molecule has 1 aliphatic rings.